The molecule has 0 aliphatic carbocycles. The molecule has 0 saturated heterocycles. The summed E-state index contributed by atoms with van der Waals surface area (Å²) in [7, 11) is 3.16. The standard InChI is InChI=1S/C25H54NO6P/c1-6-7-8-9-10-11-12-13-14-15-16-17-18-19-21-30-25(23-29-5)24-32-33(27,28)31-22-20-26(2,3)4/h25H,6-24H2,1-5H3. The average Bonchev–Trinajstić information content (AvgIpc) is 2.73. The summed E-state index contributed by atoms with van der Waals surface area (Å²) in [4.78, 5) is 11.9. The molecule has 0 aromatic rings. The zero-order chi connectivity index (χ0) is 24.8. The Kier molecular flexibility index (Phi) is 21.3. The Hall–Kier alpha value is -0.0100. The Morgan fingerprint density at radius 1 is 0.727 bits per heavy atom. The highest BCUT2D eigenvalue weighted by atomic mass is 31.2. The lowest BCUT2D eigenvalue weighted by molar-refractivity contribution is -0.870. The van der Waals surface area contributed by atoms with Gasteiger partial charge in [0.15, 0.2) is 0 Å². The van der Waals surface area contributed by atoms with Crippen molar-refractivity contribution in [3.63, 3.8) is 0 Å². The summed E-state index contributed by atoms with van der Waals surface area (Å²) in [6.07, 6.45) is 18.0. The molecule has 0 amide bonds. The molecule has 200 valence electrons. The van der Waals surface area contributed by atoms with Crippen molar-refractivity contribution >= 4 is 7.82 Å². The molecule has 0 radical (unpaired) electrons. The highest BCUT2D eigenvalue weighted by Crippen LogP contribution is 2.38. The van der Waals surface area contributed by atoms with E-state index in [1.807, 2.05) is 21.1 Å². The molecule has 0 heterocycles. The van der Waals surface area contributed by atoms with Crippen LogP contribution >= 0.6 is 7.82 Å². The van der Waals surface area contributed by atoms with Crippen LogP contribution < -0.4 is 4.89 Å². The van der Waals surface area contributed by atoms with Crippen molar-refractivity contribution in [1.82, 2.24) is 0 Å². The van der Waals surface area contributed by atoms with E-state index >= 15 is 0 Å². The molecule has 0 bridgehead atoms. The van der Waals surface area contributed by atoms with Crippen LogP contribution in [0, 0.1) is 0 Å². The molecule has 7 nitrogen and oxygen atoms in total. The monoisotopic (exact) mass is 495 g/mol. The summed E-state index contributed by atoms with van der Waals surface area (Å²) >= 11 is 0. The quantitative estimate of drug-likeness (QED) is 0.0918. The van der Waals surface area contributed by atoms with Gasteiger partial charge in [-0.1, -0.05) is 90.4 Å². The van der Waals surface area contributed by atoms with Crippen molar-refractivity contribution in [1.29, 1.82) is 0 Å². The molecule has 0 spiro atoms. The highest BCUT2D eigenvalue weighted by Gasteiger charge is 2.17. The molecular weight excluding hydrogens is 441 g/mol. The van der Waals surface area contributed by atoms with Gasteiger partial charge in [0.1, 0.15) is 19.3 Å². The molecule has 2 unspecified atom stereocenters. The molecule has 0 fully saturated rings. The van der Waals surface area contributed by atoms with Crippen LogP contribution in [0.1, 0.15) is 96.8 Å². The van der Waals surface area contributed by atoms with Crippen molar-refractivity contribution < 1.29 is 32.5 Å². The summed E-state index contributed by atoms with van der Waals surface area (Å²) in [5.74, 6) is 0. The lowest BCUT2D eigenvalue weighted by Crippen LogP contribution is -2.37. The Bertz CT molecular complexity index is 472. The maximum absolute atomic E-state index is 11.9. The van der Waals surface area contributed by atoms with Gasteiger partial charge in [-0.05, 0) is 6.42 Å². The van der Waals surface area contributed by atoms with Crippen molar-refractivity contribution in [3.8, 4) is 0 Å². The number of phosphoric ester groups is 1. The van der Waals surface area contributed by atoms with Crippen molar-refractivity contribution in [3.05, 3.63) is 0 Å². The molecule has 0 saturated carbocycles. The van der Waals surface area contributed by atoms with E-state index in [2.05, 4.69) is 6.92 Å². The lowest BCUT2D eigenvalue weighted by Gasteiger charge is -2.28. The van der Waals surface area contributed by atoms with E-state index in [4.69, 9.17) is 18.5 Å². The molecule has 0 aromatic heterocycles. The fourth-order valence-corrected chi connectivity index (χ4v) is 4.24. The summed E-state index contributed by atoms with van der Waals surface area (Å²) in [5.41, 5.74) is 0. The molecular formula is C25H54NO6P. The van der Waals surface area contributed by atoms with Crippen LogP contribution in [0.4, 0.5) is 0 Å². The summed E-state index contributed by atoms with van der Waals surface area (Å²) in [6.45, 7) is 3.73. The van der Waals surface area contributed by atoms with E-state index in [0.29, 0.717) is 17.6 Å². The first-order valence-electron chi connectivity index (χ1n) is 13.2. The first-order chi connectivity index (χ1) is 15.7. The van der Waals surface area contributed by atoms with Crippen LogP contribution in [0.15, 0.2) is 0 Å². The predicted molar refractivity (Wildman–Crippen MR) is 134 cm³/mol. The Balaban J connectivity index is 3.68. The third kappa shape index (κ3) is 24.9. The second-order valence-electron chi connectivity index (χ2n) is 10.1. The number of quaternary nitrogens is 1. The van der Waals surface area contributed by atoms with Gasteiger partial charge in [0.2, 0.25) is 0 Å². The van der Waals surface area contributed by atoms with Crippen molar-refractivity contribution in [2.45, 2.75) is 103 Å². The number of hydrogen-bond acceptors (Lipinski definition) is 6. The zero-order valence-corrected chi connectivity index (χ0v) is 23.3. The minimum atomic E-state index is -4.33. The third-order valence-corrected chi connectivity index (χ3v) is 6.60. The second kappa shape index (κ2) is 21.3. The van der Waals surface area contributed by atoms with E-state index in [1.165, 1.54) is 77.0 Å². The number of hydrogen-bond donors (Lipinski definition) is 0. The van der Waals surface area contributed by atoms with Gasteiger partial charge in [0.25, 0.3) is 7.82 Å². The molecule has 33 heavy (non-hydrogen) atoms. The predicted octanol–water partition coefficient (Wildman–Crippen LogP) is 5.71. The smallest absolute Gasteiger partial charge is 0.268 e. The molecule has 8 heteroatoms. The maximum Gasteiger partial charge on any atom is 0.268 e. The van der Waals surface area contributed by atoms with Crippen LogP contribution in [0.2, 0.25) is 0 Å². The molecule has 0 aliphatic heterocycles. The molecule has 0 aliphatic rings. The Morgan fingerprint density at radius 3 is 1.67 bits per heavy atom. The zero-order valence-electron chi connectivity index (χ0n) is 22.4. The SMILES string of the molecule is CCCCCCCCCCCCCCCCOC(COC)COP(=O)([O-])OCC[N+](C)(C)C. The van der Waals surface area contributed by atoms with Crippen LogP contribution in [0.25, 0.3) is 0 Å². The van der Waals surface area contributed by atoms with E-state index < -0.39 is 13.9 Å². The van der Waals surface area contributed by atoms with E-state index in [0.717, 1.165) is 12.8 Å². The fraction of sp³-hybridized carbons (Fsp3) is 1.00. The Morgan fingerprint density at radius 2 is 1.21 bits per heavy atom. The van der Waals surface area contributed by atoms with Crippen LogP contribution in [0.5, 0.6) is 0 Å². The number of unbranched alkanes of at least 4 members (excludes halogenated alkanes) is 13. The first kappa shape index (κ1) is 33.0. The van der Waals surface area contributed by atoms with E-state index in [9.17, 15) is 9.46 Å². The number of likely N-dealkylation sites (N-methyl/N-ethyl adjacent to an activating group) is 1. The maximum atomic E-state index is 11.9. The topological polar surface area (TPSA) is 77.1 Å². The van der Waals surface area contributed by atoms with Gasteiger partial charge in [-0.3, -0.25) is 4.57 Å². The van der Waals surface area contributed by atoms with E-state index in [-0.39, 0.29) is 19.8 Å². The van der Waals surface area contributed by atoms with Crippen LogP contribution in [0.3, 0.4) is 0 Å². The lowest BCUT2D eigenvalue weighted by atomic mass is 10.0. The van der Waals surface area contributed by atoms with Gasteiger partial charge in [-0.15, -0.1) is 0 Å². The van der Waals surface area contributed by atoms with Gasteiger partial charge in [0.05, 0.1) is 34.4 Å². The number of phosphoric acid groups is 1. The summed E-state index contributed by atoms with van der Waals surface area (Å²) in [6, 6.07) is 0. The first-order valence-corrected chi connectivity index (χ1v) is 14.7. The minimum Gasteiger partial charge on any atom is -0.756 e. The van der Waals surface area contributed by atoms with Crippen LogP contribution in [-0.2, 0) is 23.1 Å². The fourth-order valence-electron chi connectivity index (χ4n) is 3.52. The molecule has 0 N–H and O–H groups in total. The molecule has 0 aromatic carbocycles. The largest absolute Gasteiger partial charge is 0.756 e. The summed E-state index contributed by atoms with van der Waals surface area (Å²) in [5, 5.41) is 0. The molecule has 2 atom stereocenters. The minimum absolute atomic E-state index is 0.0857. The number of nitrogens with zero attached hydrogens (tertiary/aromatic N) is 1. The van der Waals surface area contributed by atoms with Gasteiger partial charge < -0.3 is 27.9 Å². The van der Waals surface area contributed by atoms with Crippen LogP contribution in [-0.4, -0.2) is 71.8 Å². The van der Waals surface area contributed by atoms with Gasteiger partial charge >= 0.3 is 0 Å². The van der Waals surface area contributed by atoms with Gasteiger partial charge in [-0.25, -0.2) is 0 Å². The normalized spacial score (nSPS) is 15.0. The third-order valence-electron chi connectivity index (χ3n) is 5.63. The van der Waals surface area contributed by atoms with E-state index in [1.54, 1.807) is 7.11 Å². The number of methoxy groups -OCH3 is 1. The highest BCUT2D eigenvalue weighted by molar-refractivity contribution is 7.45. The number of rotatable bonds is 25. The van der Waals surface area contributed by atoms with Crippen molar-refractivity contribution in [2.24, 2.45) is 0 Å². The second-order valence-corrected chi connectivity index (χ2v) is 11.5. The molecule has 0 rings (SSSR count). The van der Waals surface area contributed by atoms with Crippen molar-refractivity contribution in [2.75, 3.05) is 61.2 Å². The Labute approximate surface area is 204 Å². The van der Waals surface area contributed by atoms with Gasteiger partial charge in [-0.2, -0.15) is 0 Å². The average molecular weight is 496 g/mol. The van der Waals surface area contributed by atoms with Gasteiger partial charge in [0, 0.05) is 13.7 Å². The summed E-state index contributed by atoms with van der Waals surface area (Å²) < 4.78 is 33.4. The number of ether oxygens (including phenoxy) is 2.